The summed E-state index contributed by atoms with van der Waals surface area (Å²) in [6, 6.07) is 12.9. The number of para-hydroxylation sites is 1. The zero-order chi connectivity index (χ0) is 16.6. The van der Waals surface area contributed by atoms with Crippen LogP contribution in [-0.4, -0.2) is 19.4 Å². The molecular weight excluding hydrogens is 461 g/mol. The van der Waals surface area contributed by atoms with Gasteiger partial charge in [-0.3, -0.25) is 0 Å². The number of hydrogen-bond acceptors (Lipinski definition) is 2. The van der Waals surface area contributed by atoms with Gasteiger partial charge < -0.3 is 15.5 Å². The van der Waals surface area contributed by atoms with Gasteiger partial charge in [0.05, 0.1) is 0 Å². The van der Waals surface area contributed by atoms with E-state index >= 15 is 0 Å². The van der Waals surface area contributed by atoms with Gasteiger partial charge >= 0.3 is 0 Å². The third kappa shape index (κ3) is 3.45. The molecule has 24 heavy (non-hydrogen) atoms. The van der Waals surface area contributed by atoms with Crippen LogP contribution in [0.4, 0.5) is 11.4 Å². The van der Waals surface area contributed by atoms with Crippen molar-refractivity contribution in [3.05, 3.63) is 64.4 Å². The van der Waals surface area contributed by atoms with Gasteiger partial charge in [-0.05, 0) is 49.9 Å². The summed E-state index contributed by atoms with van der Waals surface area (Å²) in [6.07, 6.45) is 0.643. The first-order chi connectivity index (χ1) is 11.0. The molecular formula is C20H26HfN3-. The van der Waals surface area contributed by atoms with Gasteiger partial charge in [0, 0.05) is 56.6 Å². The van der Waals surface area contributed by atoms with Crippen molar-refractivity contribution in [2.24, 2.45) is 0 Å². The molecule has 2 aromatic rings. The molecule has 2 aromatic carbocycles. The van der Waals surface area contributed by atoms with Crippen LogP contribution in [0.2, 0.25) is 0 Å². The summed E-state index contributed by atoms with van der Waals surface area (Å²) in [4.78, 5) is 4.45. The molecule has 1 unspecified atom stereocenters. The molecule has 1 aliphatic rings. The molecule has 0 spiro atoms. The summed E-state index contributed by atoms with van der Waals surface area (Å²) in [6.45, 7) is 10.4. The maximum absolute atomic E-state index is 8.79. The molecule has 1 atom stereocenters. The smallest absolute Gasteiger partial charge is 0.0428 e. The van der Waals surface area contributed by atoms with Gasteiger partial charge in [0.1, 0.15) is 0 Å². The van der Waals surface area contributed by atoms with E-state index in [1.54, 1.807) is 0 Å². The first kappa shape index (κ1) is 19.2. The largest absolute Gasteiger partial charge is 0.640 e. The van der Waals surface area contributed by atoms with Crippen LogP contribution in [0.5, 0.6) is 0 Å². The topological polar surface area (TPSA) is 30.3 Å². The second-order valence-electron chi connectivity index (χ2n) is 6.49. The second-order valence-corrected chi connectivity index (χ2v) is 6.49. The van der Waals surface area contributed by atoms with E-state index in [-0.39, 0.29) is 32.1 Å². The zero-order valence-electron chi connectivity index (χ0n) is 15.1. The van der Waals surface area contributed by atoms with Crippen molar-refractivity contribution in [2.45, 2.75) is 40.4 Å². The molecule has 0 amide bonds. The van der Waals surface area contributed by atoms with E-state index in [1.165, 1.54) is 33.6 Å². The number of hydrogen-bond donors (Lipinski definition) is 0. The molecule has 1 aliphatic heterocycles. The average Bonchev–Trinajstić information content (AvgIpc) is 2.88. The molecule has 3 nitrogen and oxygen atoms in total. The van der Waals surface area contributed by atoms with Crippen molar-refractivity contribution in [2.75, 3.05) is 22.9 Å². The van der Waals surface area contributed by atoms with Crippen molar-refractivity contribution in [1.29, 1.82) is 0 Å². The van der Waals surface area contributed by atoms with Gasteiger partial charge in [-0.2, -0.15) is 0 Å². The first-order valence-electron chi connectivity index (χ1n) is 8.43. The van der Waals surface area contributed by atoms with Gasteiger partial charge in [0.2, 0.25) is 0 Å². The van der Waals surface area contributed by atoms with E-state index in [9.17, 15) is 0 Å². The van der Waals surface area contributed by atoms with Gasteiger partial charge in [0.15, 0.2) is 0 Å². The number of anilines is 2. The van der Waals surface area contributed by atoms with Gasteiger partial charge in [-0.1, -0.05) is 42.8 Å². The molecule has 126 valence electrons. The van der Waals surface area contributed by atoms with E-state index in [1.807, 2.05) is 0 Å². The van der Waals surface area contributed by atoms with Crippen molar-refractivity contribution in [3.63, 3.8) is 0 Å². The summed E-state index contributed by atoms with van der Waals surface area (Å²) in [7, 11) is 0. The fourth-order valence-corrected chi connectivity index (χ4v) is 3.83. The monoisotopic (exact) mass is 488 g/mol. The summed E-state index contributed by atoms with van der Waals surface area (Å²) < 4.78 is 0. The average molecular weight is 487 g/mol. The van der Waals surface area contributed by atoms with Crippen LogP contribution in [0.1, 0.15) is 29.2 Å². The summed E-state index contributed by atoms with van der Waals surface area (Å²) in [5.41, 5.74) is 16.4. The Labute approximate surface area is 164 Å². The molecule has 1 heterocycles. The number of rotatable bonds is 3. The SMILES string of the molecule is CCc1ccccc1N1CCN(c2c(C)cc(C)cc2C)C1[NH-].[Hf]. The first-order valence-corrected chi connectivity index (χ1v) is 8.43. The quantitative estimate of drug-likeness (QED) is 0.581. The number of benzene rings is 2. The number of aryl methyl sites for hydroxylation is 4. The molecule has 1 fully saturated rings. The van der Waals surface area contributed by atoms with E-state index < -0.39 is 0 Å². The zero-order valence-corrected chi connectivity index (χ0v) is 18.6. The Balaban J connectivity index is 0.00000208. The Hall–Kier alpha value is -1.13. The molecule has 0 radical (unpaired) electrons. The minimum absolute atomic E-state index is 0. The van der Waals surface area contributed by atoms with Crippen LogP contribution < -0.4 is 9.80 Å². The number of nitrogens with one attached hydrogen (secondary N) is 1. The Morgan fingerprint density at radius 2 is 1.58 bits per heavy atom. The van der Waals surface area contributed by atoms with Crippen molar-refractivity contribution in [1.82, 2.24) is 0 Å². The van der Waals surface area contributed by atoms with Crippen molar-refractivity contribution >= 4 is 11.4 Å². The third-order valence-corrected chi connectivity index (χ3v) is 4.78. The van der Waals surface area contributed by atoms with E-state index in [0.29, 0.717) is 0 Å². The van der Waals surface area contributed by atoms with Crippen LogP contribution >= 0.6 is 0 Å². The molecule has 0 saturated carbocycles. The number of nitrogens with zero attached hydrogens (tertiary/aromatic N) is 2. The molecule has 1 saturated heterocycles. The van der Waals surface area contributed by atoms with Gasteiger partial charge in [-0.15, -0.1) is 0 Å². The van der Waals surface area contributed by atoms with Gasteiger partial charge in [-0.25, -0.2) is 0 Å². The van der Waals surface area contributed by atoms with E-state index in [4.69, 9.17) is 5.73 Å². The standard InChI is InChI=1S/C20H26N3.Hf/c1-5-17-8-6-7-9-18(17)22-10-11-23(20(22)21)19-15(3)12-14(2)13-16(19)4;/h6-9,12-13,20-21H,5,10-11H2,1-4H3;/q-1;. The summed E-state index contributed by atoms with van der Waals surface area (Å²) in [5.74, 6) is 0. The molecule has 0 aliphatic carbocycles. The van der Waals surface area contributed by atoms with Crippen molar-refractivity contribution < 1.29 is 25.8 Å². The molecule has 4 heteroatoms. The molecule has 3 rings (SSSR count). The minimum Gasteiger partial charge on any atom is -0.640 e. The molecule has 0 bridgehead atoms. The predicted molar refractivity (Wildman–Crippen MR) is 99.3 cm³/mol. The predicted octanol–water partition coefficient (Wildman–Crippen LogP) is 4.83. The van der Waals surface area contributed by atoms with Crippen LogP contribution in [0.3, 0.4) is 0 Å². The van der Waals surface area contributed by atoms with Crippen molar-refractivity contribution in [3.8, 4) is 0 Å². The van der Waals surface area contributed by atoms with E-state index in [0.717, 1.165) is 19.5 Å². The van der Waals surface area contributed by atoms with Gasteiger partial charge in [0.25, 0.3) is 0 Å². The summed E-state index contributed by atoms with van der Waals surface area (Å²) >= 11 is 0. The Bertz CT molecular complexity index is 691. The Kier molecular flexibility index (Phi) is 6.27. The minimum atomic E-state index is -0.359. The molecule has 1 N–H and O–H groups in total. The second kappa shape index (κ2) is 7.83. The maximum Gasteiger partial charge on any atom is 0.0428 e. The summed E-state index contributed by atoms with van der Waals surface area (Å²) in [5, 5.41) is 0. The third-order valence-electron chi connectivity index (χ3n) is 4.78. The van der Waals surface area contributed by atoms with Crippen LogP contribution in [0.15, 0.2) is 36.4 Å². The fraction of sp³-hybridized carbons (Fsp3) is 0.400. The molecule has 0 aromatic heterocycles. The van der Waals surface area contributed by atoms with Crippen LogP contribution in [0, 0.1) is 20.8 Å². The Morgan fingerprint density at radius 1 is 1.00 bits per heavy atom. The Morgan fingerprint density at radius 3 is 2.21 bits per heavy atom. The van der Waals surface area contributed by atoms with Crippen LogP contribution in [0.25, 0.3) is 5.73 Å². The normalized spacial score (nSPS) is 17.1. The van der Waals surface area contributed by atoms with E-state index in [2.05, 4.69) is 73.9 Å². The fourth-order valence-electron chi connectivity index (χ4n) is 3.83. The van der Waals surface area contributed by atoms with Crippen LogP contribution in [-0.2, 0) is 32.3 Å². The maximum atomic E-state index is 8.79.